The van der Waals surface area contributed by atoms with Crippen molar-refractivity contribution in [2.45, 2.75) is 19.2 Å². The molecule has 1 aliphatic heterocycles. The summed E-state index contributed by atoms with van der Waals surface area (Å²) in [5, 5.41) is 8.17. The van der Waals surface area contributed by atoms with Gasteiger partial charge in [-0.3, -0.25) is 9.48 Å². The number of halogens is 1. The highest BCUT2D eigenvalue weighted by molar-refractivity contribution is 5.97. The minimum atomic E-state index is -0.337. The number of fused-ring (bicyclic) bond motifs is 2. The largest absolute Gasteiger partial charge is 0.486 e. The summed E-state index contributed by atoms with van der Waals surface area (Å²) >= 11 is 0. The van der Waals surface area contributed by atoms with Crippen LogP contribution in [0.1, 0.15) is 15.9 Å². The van der Waals surface area contributed by atoms with Crippen molar-refractivity contribution in [1.29, 1.82) is 0 Å². The van der Waals surface area contributed by atoms with E-state index in [2.05, 4.69) is 10.4 Å². The van der Waals surface area contributed by atoms with Gasteiger partial charge in [0.05, 0.1) is 12.1 Å². The molecule has 31 heavy (non-hydrogen) atoms. The van der Waals surface area contributed by atoms with Crippen LogP contribution < -0.4 is 14.8 Å². The van der Waals surface area contributed by atoms with Crippen molar-refractivity contribution in [2.24, 2.45) is 0 Å². The molecule has 0 bridgehead atoms. The first kappa shape index (κ1) is 19.1. The zero-order valence-corrected chi connectivity index (χ0v) is 16.6. The summed E-state index contributed by atoms with van der Waals surface area (Å²) in [4.78, 5) is 12.5. The van der Waals surface area contributed by atoms with Crippen molar-refractivity contribution in [3.63, 3.8) is 0 Å². The van der Waals surface area contributed by atoms with E-state index < -0.39 is 0 Å². The molecule has 1 atom stereocenters. The lowest BCUT2D eigenvalue weighted by Gasteiger charge is -2.26. The van der Waals surface area contributed by atoms with Crippen molar-refractivity contribution in [1.82, 2.24) is 15.1 Å². The molecular formula is C24H20FN3O3. The van der Waals surface area contributed by atoms with Gasteiger partial charge in [0.25, 0.3) is 5.91 Å². The zero-order valence-electron chi connectivity index (χ0n) is 16.6. The summed E-state index contributed by atoms with van der Waals surface area (Å²) in [6.07, 6.45) is 1.72. The van der Waals surface area contributed by atoms with Gasteiger partial charge in [0.15, 0.2) is 17.6 Å². The molecule has 4 aromatic rings. The van der Waals surface area contributed by atoms with E-state index in [1.165, 1.54) is 6.07 Å². The van der Waals surface area contributed by atoms with Crippen LogP contribution in [-0.2, 0) is 13.1 Å². The van der Waals surface area contributed by atoms with Gasteiger partial charge < -0.3 is 14.8 Å². The number of rotatable bonds is 5. The summed E-state index contributed by atoms with van der Waals surface area (Å²) in [6.45, 7) is 1.10. The Balaban J connectivity index is 1.27. The molecule has 1 unspecified atom stereocenters. The summed E-state index contributed by atoms with van der Waals surface area (Å²) in [7, 11) is 0. The van der Waals surface area contributed by atoms with Crippen LogP contribution in [0.2, 0.25) is 0 Å². The predicted molar refractivity (Wildman–Crippen MR) is 114 cm³/mol. The van der Waals surface area contributed by atoms with Gasteiger partial charge >= 0.3 is 0 Å². The van der Waals surface area contributed by atoms with E-state index in [-0.39, 0.29) is 24.4 Å². The third-order valence-corrected chi connectivity index (χ3v) is 5.17. The molecule has 1 aliphatic rings. The van der Waals surface area contributed by atoms with E-state index in [9.17, 15) is 9.18 Å². The Hall–Kier alpha value is -3.87. The summed E-state index contributed by atoms with van der Waals surface area (Å²) in [5.74, 6) is 0.870. The van der Waals surface area contributed by atoms with E-state index in [1.54, 1.807) is 41.1 Å². The molecule has 0 radical (unpaired) electrons. The van der Waals surface area contributed by atoms with Crippen LogP contribution in [0.3, 0.4) is 0 Å². The zero-order chi connectivity index (χ0) is 21.2. The molecule has 0 saturated heterocycles. The number of hydrogen-bond donors (Lipinski definition) is 1. The maximum atomic E-state index is 13.7. The number of carbonyl (C=O) groups is 1. The molecule has 0 aliphatic carbocycles. The number of benzene rings is 3. The van der Waals surface area contributed by atoms with Crippen LogP contribution in [0.5, 0.6) is 11.5 Å². The Labute approximate surface area is 178 Å². The van der Waals surface area contributed by atoms with Crippen LogP contribution in [0.15, 0.2) is 72.9 Å². The van der Waals surface area contributed by atoms with E-state index in [0.29, 0.717) is 24.3 Å². The van der Waals surface area contributed by atoms with Gasteiger partial charge in [-0.15, -0.1) is 0 Å². The van der Waals surface area contributed by atoms with Crippen LogP contribution in [0.25, 0.3) is 10.9 Å². The fourth-order valence-electron chi connectivity index (χ4n) is 3.59. The second kappa shape index (κ2) is 8.10. The molecule has 1 amide bonds. The topological polar surface area (TPSA) is 65.4 Å². The number of nitrogens with zero attached hydrogens (tertiary/aromatic N) is 2. The van der Waals surface area contributed by atoms with Crippen molar-refractivity contribution < 1.29 is 18.7 Å². The highest BCUT2D eigenvalue weighted by Crippen LogP contribution is 2.31. The first-order valence-electron chi connectivity index (χ1n) is 10.0. The molecule has 5 rings (SSSR count). The van der Waals surface area contributed by atoms with Crippen molar-refractivity contribution in [3.8, 4) is 11.5 Å². The molecule has 7 heteroatoms. The molecule has 156 valence electrons. The first-order valence-corrected chi connectivity index (χ1v) is 10.0. The first-order chi connectivity index (χ1) is 15.2. The van der Waals surface area contributed by atoms with Gasteiger partial charge in [-0.2, -0.15) is 5.10 Å². The van der Waals surface area contributed by atoms with Gasteiger partial charge in [-0.25, -0.2) is 4.39 Å². The quantitative estimate of drug-likeness (QED) is 0.534. The molecule has 1 N–H and O–H groups in total. The standard InChI is InChI=1S/C24H20FN3O3/c25-20-6-2-1-5-17(20)12-26-24(29)16-9-10-21-18(11-16)13-28(27-21)14-19-15-30-22-7-3-4-8-23(22)31-19/h1-11,13,19H,12,14-15H2,(H,26,29). The summed E-state index contributed by atoms with van der Waals surface area (Å²) in [6, 6.07) is 19.3. The maximum absolute atomic E-state index is 13.7. The number of nitrogens with one attached hydrogen (secondary N) is 1. The van der Waals surface area contributed by atoms with Crippen molar-refractivity contribution in [2.75, 3.05) is 6.61 Å². The van der Waals surface area contributed by atoms with Crippen LogP contribution in [0.4, 0.5) is 4.39 Å². The highest BCUT2D eigenvalue weighted by Gasteiger charge is 2.21. The van der Waals surface area contributed by atoms with E-state index in [4.69, 9.17) is 9.47 Å². The van der Waals surface area contributed by atoms with E-state index in [0.717, 1.165) is 22.4 Å². The lowest BCUT2D eigenvalue weighted by Crippen LogP contribution is -2.33. The normalized spacial score (nSPS) is 15.1. The maximum Gasteiger partial charge on any atom is 0.251 e. The van der Waals surface area contributed by atoms with Crippen LogP contribution >= 0.6 is 0 Å². The number of aromatic nitrogens is 2. The Morgan fingerprint density at radius 3 is 2.77 bits per heavy atom. The molecule has 3 aromatic carbocycles. The molecular weight excluding hydrogens is 397 g/mol. The average molecular weight is 417 g/mol. The fourth-order valence-corrected chi connectivity index (χ4v) is 3.59. The van der Waals surface area contributed by atoms with E-state index >= 15 is 0 Å². The molecule has 1 aromatic heterocycles. The Morgan fingerprint density at radius 2 is 1.90 bits per heavy atom. The van der Waals surface area contributed by atoms with Gasteiger partial charge in [0.1, 0.15) is 12.4 Å². The Morgan fingerprint density at radius 1 is 1.10 bits per heavy atom. The van der Waals surface area contributed by atoms with Crippen molar-refractivity contribution >= 4 is 16.8 Å². The summed E-state index contributed by atoms with van der Waals surface area (Å²) < 4.78 is 27.3. The van der Waals surface area contributed by atoms with Gasteiger partial charge in [0.2, 0.25) is 0 Å². The fraction of sp³-hybridized carbons (Fsp3) is 0.167. The number of amides is 1. The number of carbonyl (C=O) groups excluding carboxylic acids is 1. The SMILES string of the molecule is O=C(NCc1ccccc1F)c1ccc2nn(CC3COc4ccccc4O3)cc2c1. The average Bonchev–Trinajstić information content (AvgIpc) is 3.19. The Kier molecular flexibility index (Phi) is 5.00. The molecule has 2 heterocycles. The monoisotopic (exact) mass is 417 g/mol. The molecule has 0 fully saturated rings. The number of para-hydroxylation sites is 2. The lowest BCUT2D eigenvalue weighted by molar-refractivity contribution is 0.0760. The Bertz CT molecular complexity index is 1250. The van der Waals surface area contributed by atoms with Gasteiger partial charge in [0, 0.05) is 29.3 Å². The minimum Gasteiger partial charge on any atom is -0.486 e. The third-order valence-electron chi connectivity index (χ3n) is 5.17. The smallest absolute Gasteiger partial charge is 0.251 e. The highest BCUT2D eigenvalue weighted by atomic mass is 19.1. The summed E-state index contributed by atoms with van der Waals surface area (Å²) in [5.41, 5.74) is 1.72. The lowest BCUT2D eigenvalue weighted by atomic mass is 10.1. The molecule has 6 nitrogen and oxygen atoms in total. The minimum absolute atomic E-state index is 0.128. The van der Waals surface area contributed by atoms with Gasteiger partial charge in [-0.1, -0.05) is 30.3 Å². The van der Waals surface area contributed by atoms with E-state index in [1.807, 2.05) is 30.5 Å². The van der Waals surface area contributed by atoms with Crippen LogP contribution in [0, 0.1) is 5.82 Å². The third kappa shape index (κ3) is 4.07. The molecule has 0 spiro atoms. The van der Waals surface area contributed by atoms with Crippen LogP contribution in [-0.4, -0.2) is 28.4 Å². The molecule has 0 saturated carbocycles. The van der Waals surface area contributed by atoms with Crippen molar-refractivity contribution in [3.05, 3.63) is 89.9 Å². The van der Waals surface area contributed by atoms with Gasteiger partial charge in [-0.05, 0) is 36.4 Å². The second-order valence-electron chi connectivity index (χ2n) is 7.40. The predicted octanol–water partition coefficient (Wildman–Crippen LogP) is 3.95. The number of ether oxygens (including phenoxy) is 2. The second-order valence-corrected chi connectivity index (χ2v) is 7.40. The number of hydrogen-bond acceptors (Lipinski definition) is 4.